The molecular weight excluding hydrogens is 214 g/mol. The Hall–Kier alpha value is -1.06. The van der Waals surface area contributed by atoms with Crippen molar-refractivity contribution in [3.05, 3.63) is 29.8 Å². The van der Waals surface area contributed by atoms with E-state index in [4.69, 9.17) is 15.2 Å². The molecule has 3 heteroatoms. The van der Waals surface area contributed by atoms with Gasteiger partial charge < -0.3 is 15.2 Å². The van der Waals surface area contributed by atoms with Gasteiger partial charge in [0.1, 0.15) is 5.75 Å². The highest BCUT2D eigenvalue weighted by Crippen LogP contribution is 2.21. The van der Waals surface area contributed by atoms with Crippen LogP contribution in [0.25, 0.3) is 0 Å². The van der Waals surface area contributed by atoms with Gasteiger partial charge in [0.25, 0.3) is 0 Å². The molecule has 1 fully saturated rings. The van der Waals surface area contributed by atoms with Crippen molar-refractivity contribution in [2.45, 2.75) is 25.3 Å². The minimum absolute atomic E-state index is 0.228. The highest BCUT2D eigenvalue weighted by molar-refractivity contribution is 5.29. The largest absolute Gasteiger partial charge is 0.497 e. The van der Waals surface area contributed by atoms with Gasteiger partial charge in [0.2, 0.25) is 0 Å². The van der Waals surface area contributed by atoms with Crippen molar-refractivity contribution in [2.24, 2.45) is 11.7 Å². The first-order chi connectivity index (χ1) is 8.29. The predicted octanol–water partition coefficient (Wildman–Crippen LogP) is 1.99. The lowest BCUT2D eigenvalue weighted by Gasteiger charge is -2.27. The van der Waals surface area contributed by atoms with Gasteiger partial charge in [-0.05, 0) is 42.9 Å². The lowest BCUT2D eigenvalue weighted by molar-refractivity contribution is 0.0585. The lowest BCUT2D eigenvalue weighted by Crippen LogP contribution is -2.36. The smallest absolute Gasteiger partial charge is 0.119 e. The molecule has 0 amide bonds. The number of methoxy groups -OCH3 is 1. The average molecular weight is 235 g/mol. The first-order valence-corrected chi connectivity index (χ1v) is 6.26. The molecule has 1 aromatic rings. The normalized spacial score (nSPS) is 18.9. The maximum atomic E-state index is 6.28. The number of hydrogen-bond donors (Lipinski definition) is 1. The highest BCUT2D eigenvalue weighted by Gasteiger charge is 2.21. The molecule has 2 rings (SSSR count). The van der Waals surface area contributed by atoms with Crippen LogP contribution in [0.15, 0.2) is 24.3 Å². The summed E-state index contributed by atoms with van der Waals surface area (Å²) in [5.74, 6) is 1.50. The Bertz CT molecular complexity index is 348. The summed E-state index contributed by atoms with van der Waals surface area (Å²) in [6.07, 6.45) is 3.10. The van der Waals surface area contributed by atoms with Gasteiger partial charge in [-0.25, -0.2) is 0 Å². The fourth-order valence-corrected chi connectivity index (χ4v) is 2.38. The quantitative estimate of drug-likeness (QED) is 0.868. The van der Waals surface area contributed by atoms with Crippen molar-refractivity contribution in [2.75, 3.05) is 20.3 Å². The van der Waals surface area contributed by atoms with Crippen molar-refractivity contribution in [1.82, 2.24) is 0 Å². The van der Waals surface area contributed by atoms with Crippen molar-refractivity contribution >= 4 is 0 Å². The van der Waals surface area contributed by atoms with Crippen molar-refractivity contribution in [3.63, 3.8) is 0 Å². The van der Waals surface area contributed by atoms with Crippen molar-refractivity contribution < 1.29 is 9.47 Å². The Morgan fingerprint density at radius 1 is 1.41 bits per heavy atom. The van der Waals surface area contributed by atoms with E-state index in [0.29, 0.717) is 5.92 Å². The van der Waals surface area contributed by atoms with Gasteiger partial charge in [-0.2, -0.15) is 0 Å². The number of benzene rings is 1. The van der Waals surface area contributed by atoms with Gasteiger partial charge in [-0.1, -0.05) is 12.1 Å². The molecule has 0 aliphatic carbocycles. The maximum absolute atomic E-state index is 6.28. The third-order valence-electron chi connectivity index (χ3n) is 3.48. The molecule has 1 unspecified atom stereocenters. The van der Waals surface area contributed by atoms with Crippen LogP contribution < -0.4 is 10.5 Å². The summed E-state index contributed by atoms with van der Waals surface area (Å²) in [4.78, 5) is 0. The molecule has 3 nitrogen and oxygen atoms in total. The molecule has 0 spiro atoms. The first-order valence-electron chi connectivity index (χ1n) is 6.26. The van der Waals surface area contributed by atoms with Gasteiger partial charge in [-0.3, -0.25) is 0 Å². The zero-order valence-electron chi connectivity index (χ0n) is 10.4. The van der Waals surface area contributed by atoms with Gasteiger partial charge >= 0.3 is 0 Å². The standard InChI is InChI=1S/C14H21NO2/c1-16-13-4-2-3-11(9-13)10-14(15)12-5-7-17-8-6-12/h2-4,9,12,14H,5-8,10,15H2,1H3. The second kappa shape index (κ2) is 6.03. The minimum Gasteiger partial charge on any atom is -0.497 e. The number of rotatable bonds is 4. The summed E-state index contributed by atoms with van der Waals surface area (Å²) < 4.78 is 10.6. The Labute approximate surface area is 103 Å². The van der Waals surface area contributed by atoms with Crippen LogP contribution in [0.4, 0.5) is 0 Å². The monoisotopic (exact) mass is 235 g/mol. The number of ether oxygens (including phenoxy) is 2. The van der Waals surface area contributed by atoms with E-state index < -0.39 is 0 Å². The highest BCUT2D eigenvalue weighted by atomic mass is 16.5. The van der Waals surface area contributed by atoms with E-state index >= 15 is 0 Å². The summed E-state index contributed by atoms with van der Waals surface area (Å²) in [5.41, 5.74) is 7.53. The van der Waals surface area contributed by atoms with Gasteiger partial charge in [0.05, 0.1) is 7.11 Å². The molecule has 1 saturated heterocycles. The molecule has 17 heavy (non-hydrogen) atoms. The molecule has 1 aromatic carbocycles. The third-order valence-corrected chi connectivity index (χ3v) is 3.48. The number of hydrogen-bond acceptors (Lipinski definition) is 3. The van der Waals surface area contributed by atoms with Gasteiger partial charge in [0.15, 0.2) is 0 Å². The zero-order chi connectivity index (χ0) is 12.1. The van der Waals surface area contributed by atoms with Gasteiger partial charge in [0, 0.05) is 19.3 Å². The summed E-state index contributed by atoms with van der Waals surface area (Å²) in [6, 6.07) is 8.39. The second-order valence-electron chi connectivity index (χ2n) is 4.67. The SMILES string of the molecule is COc1cccc(CC(N)C2CCOCC2)c1. The molecule has 1 atom stereocenters. The summed E-state index contributed by atoms with van der Waals surface area (Å²) >= 11 is 0. The van der Waals surface area contributed by atoms with Crippen LogP contribution in [-0.4, -0.2) is 26.4 Å². The molecule has 0 aromatic heterocycles. The van der Waals surface area contributed by atoms with Crippen molar-refractivity contribution in [1.29, 1.82) is 0 Å². The molecule has 0 bridgehead atoms. The fraction of sp³-hybridized carbons (Fsp3) is 0.571. The van der Waals surface area contributed by atoms with E-state index in [2.05, 4.69) is 12.1 Å². The summed E-state index contributed by atoms with van der Waals surface area (Å²) in [7, 11) is 1.69. The zero-order valence-corrected chi connectivity index (χ0v) is 10.4. The predicted molar refractivity (Wildman–Crippen MR) is 68.2 cm³/mol. The van der Waals surface area contributed by atoms with Crippen LogP contribution in [0.3, 0.4) is 0 Å². The summed E-state index contributed by atoms with van der Waals surface area (Å²) in [5, 5.41) is 0. The molecule has 0 saturated carbocycles. The van der Waals surface area contributed by atoms with E-state index in [1.54, 1.807) is 7.11 Å². The Morgan fingerprint density at radius 2 is 2.18 bits per heavy atom. The number of nitrogens with two attached hydrogens (primary N) is 1. The molecule has 0 radical (unpaired) electrons. The van der Waals surface area contributed by atoms with Crippen LogP contribution in [0, 0.1) is 5.92 Å². The fourth-order valence-electron chi connectivity index (χ4n) is 2.38. The Kier molecular flexibility index (Phi) is 4.40. The van der Waals surface area contributed by atoms with Crippen LogP contribution in [0.1, 0.15) is 18.4 Å². The topological polar surface area (TPSA) is 44.5 Å². The maximum Gasteiger partial charge on any atom is 0.119 e. The second-order valence-corrected chi connectivity index (χ2v) is 4.67. The van der Waals surface area contributed by atoms with Crippen LogP contribution >= 0.6 is 0 Å². The molecule has 2 N–H and O–H groups in total. The molecule has 1 aliphatic rings. The molecule has 94 valence electrons. The van der Waals surface area contributed by atoms with E-state index in [-0.39, 0.29) is 6.04 Å². The first kappa shape index (κ1) is 12.4. The Balaban J connectivity index is 1.94. The minimum atomic E-state index is 0.228. The van der Waals surface area contributed by atoms with Crippen LogP contribution in [0.5, 0.6) is 5.75 Å². The van der Waals surface area contributed by atoms with E-state index in [0.717, 1.165) is 38.2 Å². The Morgan fingerprint density at radius 3 is 2.88 bits per heavy atom. The lowest BCUT2D eigenvalue weighted by atomic mass is 9.88. The van der Waals surface area contributed by atoms with Crippen LogP contribution in [0.2, 0.25) is 0 Å². The molecular formula is C14H21NO2. The van der Waals surface area contributed by atoms with Crippen LogP contribution in [-0.2, 0) is 11.2 Å². The van der Waals surface area contributed by atoms with E-state index in [9.17, 15) is 0 Å². The third kappa shape index (κ3) is 3.45. The molecule has 1 aliphatic heterocycles. The average Bonchev–Trinajstić information content (AvgIpc) is 2.40. The molecule has 1 heterocycles. The van der Waals surface area contributed by atoms with E-state index in [1.165, 1.54) is 5.56 Å². The van der Waals surface area contributed by atoms with Crippen molar-refractivity contribution in [3.8, 4) is 5.75 Å². The van der Waals surface area contributed by atoms with E-state index in [1.807, 2.05) is 12.1 Å². The summed E-state index contributed by atoms with van der Waals surface area (Å²) in [6.45, 7) is 1.72. The van der Waals surface area contributed by atoms with Gasteiger partial charge in [-0.15, -0.1) is 0 Å².